The highest BCUT2D eigenvalue weighted by atomic mass is 127. The number of rotatable bonds is 0. The zero-order chi connectivity index (χ0) is 5.28. The fourth-order valence-corrected chi connectivity index (χ4v) is 0.654. The van der Waals surface area contributed by atoms with Crippen LogP contribution < -0.4 is 0 Å². The van der Waals surface area contributed by atoms with Gasteiger partial charge in [0.2, 0.25) is 0 Å². The average Bonchev–Trinajstić information content (AvgIpc) is 1.91. The van der Waals surface area contributed by atoms with Gasteiger partial charge in [-0.15, -0.1) is 0 Å². The lowest BCUT2D eigenvalue weighted by molar-refractivity contribution is 1.30. The number of nitrogens with zero attached hydrogens (tertiary/aromatic N) is 1. The Bertz CT molecular complexity index is 145. The first-order valence-electron chi connectivity index (χ1n) is 1.65. The van der Waals surface area contributed by atoms with Crippen LogP contribution in [0.2, 0.25) is 5.15 Å². The maximum atomic E-state index is 5.50. The van der Waals surface area contributed by atoms with E-state index in [-0.39, 0.29) is 0 Å². The van der Waals surface area contributed by atoms with E-state index in [0.29, 0.717) is 5.15 Å². The SMILES string of the molecule is Clc1[nH]cnc1I. The Morgan fingerprint density at radius 1 is 1.86 bits per heavy atom. The molecule has 1 N–H and O–H groups in total. The molecule has 4 heteroatoms. The van der Waals surface area contributed by atoms with Crippen molar-refractivity contribution in [3.8, 4) is 0 Å². The molecule has 1 rings (SSSR count). The van der Waals surface area contributed by atoms with Gasteiger partial charge in [0.1, 0.15) is 8.85 Å². The van der Waals surface area contributed by atoms with Crippen molar-refractivity contribution < 1.29 is 0 Å². The van der Waals surface area contributed by atoms with Crippen LogP contribution in [0.25, 0.3) is 0 Å². The summed E-state index contributed by atoms with van der Waals surface area (Å²) >= 11 is 7.54. The Hall–Kier alpha value is 0.230. The first-order valence-corrected chi connectivity index (χ1v) is 3.11. The normalized spacial score (nSPS) is 9.43. The molecule has 0 fully saturated rings. The van der Waals surface area contributed by atoms with Gasteiger partial charge in [0.25, 0.3) is 0 Å². The molecule has 1 aromatic rings. The molecule has 0 aromatic carbocycles. The van der Waals surface area contributed by atoms with Crippen molar-refractivity contribution in [3.63, 3.8) is 0 Å². The van der Waals surface area contributed by atoms with Gasteiger partial charge in [-0.1, -0.05) is 11.6 Å². The second-order valence-corrected chi connectivity index (χ2v) is 2.41. The molecule has 1 heterocycles. The van der Waals surface area contributed by atoms with Gasteiger partial charge in [-0.3, -0.25) is 0 Å². The van der Waals surface area contributed by atoms with Gasteiger partial charge in [-0.05, 0) is 22.6 Å². The van der Waals surface area contributed by atoms with E-state index in [0.717, 1.165) is 3.70 Å². The molecule has 1 aromatic heterocycles. The van der Waals surface area contributed by atoms with E-state index in [4.69, 9.17) is 11.6 Å². The van der Waals surface area contributed by atoms with Crippen LogP contribution in [0.1, 0.15) is 0 Å². The monoisotopic (exact) mass is 228 g/mol. The van der Waals surface area contributed by atoms with Crippen molar-refractivity contribution in [1.29, 1.82) is 0 Å². The Labute approximate surface area is 59.4 Å². The average molecular weight is 228 g/mol. The third-order valence-corrected chi connectivity index (χ3v) is 1.98. The van der Waals surface area contributed by atoms with Crippen LogP contribution in [-0.4, -0.2) is 9.97 Å². The number of hydrogen-bond donors (Lipinski definition) is 1. The molecule has 0 saturated carbocycles. The highest BCUT2D eigenvalue weighted by molar-refractivity contribution is 14.1. The van der Waals surface area contributed by atoms with E-state index < -0.39 is 0 Å². The molecule has 0 radical (unpaired) electrons. The van der Waals surface area contributed by atoms with Crippen LogP contribution in [0.3, 0.4) is 0 Å². The van der Waals surface area contributed by atoms with Crippen molar-refractivity contribution in [2.75, 3.05) is 0 Å². The van der Waals surface area contributed by atoms with E-state index in [1.54, 1.807) is 6.33 Å². The standard InChI is InChI=1S/C3H2ClIN2/c4-2-3(5)7-1-6-2/h1H,(H,6,7). The van der Waals surface area contributed by atoms with Crippen LogP contribution in [-0.2, 0) is 0 Å². The summed E-state index contributed by atoms with van der Waals surface area (Å²) in [5.74, 6) is 0. The Balaban J connectivity index is 3.12. The third-order valence-electron chi connectivity index (χ3n) is 0.550. The molecule has 0 aliphatic rings. The van der Waals surface area contributed by atoms with Crippen LogP contribution >= 0.6 is 34.2 Å². The maximum Gasteiger partial charge on any atom is 0.139 e. The van der Waals surface area contributed by atoms with E-state index in [9.17, 15) is 0 Å². The minimum absolute atomic E-state index is 0.612. The van der Waals surface area contributed by atoms with Gasteiger partial charge in [-0.2, -0.15) is 0 Å². The largest absolute Gasteiger partial charge is 0.335 e. The fraction of sp³-hybridized carbons (Fsp3) is 0. The van der Waals surface area contributed by atoms with Crippen LogP contribution in [0.15, 0.2) is 6.33 Å². The van der Waals surface area contributed by atoms with E-state index in [1.165, 1.54) is 0 Å². The number of H-pyrrole nitrogens is 1. The molecule has 0 unspecified atom stereocenters. The molecule has 7 heavy (non-hydrogen) atoms. The summed E-state index contributed by atoms with van der Waals surface area (Å²) in [7, 11) is 0. The molecule has 38 valence electrons. The van der Waals surface area contributed by atoms with Crippen molar-refractivity contribution >= 4 is 34.2 Å². The van der Waals surface area contributed by atoms with E-state index in [1.807, 2.05) is 22.6 Å². The maximum absolute atomic E-state index is 5.50. The summed E-state index contributed by atoms with van der Waals surface area (Å²) in [5.41, 5.74) is 0. The minimum Gasteiger partial charge on any atom is -0.335 e. The summed E-state index contributed by atoms with van der Waals surface area (Å²) in [4.78, 5) is 6.53. The second-order valence-electron chi connectivity index (χ2n) is 1.01. The molecular weight excluding hydrogens is 226 g/mol. The summed E-state index contributed by atoms with van der Waals surface area (Å²) in [6.07, 6.45) is 1.56. The first-order chi connectivity index (χ1) is 3.30. The molecule has 0 aliphatic carbocycles. The van der Waals surface area contributed by atoms with Crippen molar-refractivity contribution in [2.24, 2.45) is 0 Å². The number of hydrogen-bond acceptors (Lipinski definition) is 1. The Morgan fingerprint density at radius 3 is 2.71 bits per heavy atom. The van der Waals surface area contributed by atoms with Crippen LogP contribution in [0.5, 0.6) is 0 Å². The smallest absolute Gasteiger partial charge is 0.139 e. The topological polar surface area (TPSA) is 28.7 Å². The highest BCUT2D eigenvalue weighted by Gasteiger charge is 1.92. The predicted octanol–water partition coefficient (Wildman–Crippen LogP) is 1.67. The predicted molar refractivity (Wildman–Crippen MR) is 36.3 cm³/mol. The van der Waals surface area contributed by atoms with Crippen LogP contribution in [0, 0.1) is 3.70 Å². The lowest BCUT2D eigenvalue weighted by atomic mass is 11.0. The molecule has 0 spiro atoms. The molecule has 0 amide bonds. The highest BCUT2D eigenvalue weighted by Crippen LogP contribution is 2.10. The zero-order valence-electron chi connectivity index (χ0n) is 3.28. The van der Waals surface area contributed by atoms with Gasteiger partial charge in [-0.25, -0.2) is 4.98 Å². The summed E-state index contributed by atoms with van der Waals surface area (Å²) in [5, 5.41) is 0.612. The molecular formula is C3H2ClIN2. The van der Waals surface area contributed by atoms with Crippen molar-refractivity contribution in [1.82, 2.24) is 9.97 Å². The number of nitrogens with one attached hydrogen (secondary N) is 1. The number of aromatic nitrogens is 2. The van der Waals surface area contributed by atoms with Gasteiger partial charge < -0.3 is 4.98 Å². The van der Waals surface area contributed by atoms with Gasteiger partial charge in [0.15, 0.2) is 0 Å². The Morgan fingerprint density at radius 2 is 2.57 bits per heavy atom. The molecule has 2 nitrogen and oxygen atoms in total. The second kappa shape index (κ2) is 2.00. The van der Waals surface area contributed by atoms with Crippen LogP contribution in [0.4, 0.5) is 0 Å². The lowest BCUT2D eigenvalue weighted by Crippen LogP contribution is -1.63. The van der Waals surface area contributed by atoms with E-state index >= 15 is 0 Å². The minimum atomic E-state index is 0.612. The lowest BCUT2D eigenvalue weighted by Gasteiger charge is -1.73. The van der Waals surface area contributed by atoms with Crippen molar-refractivity contribution in [3.05, 3.63) is 15.2 Å². The molecule has 0 bridgehead atoms. The third kappa shape index (κ3) is 1.07. The number of aromatic amines is 1. The van der Waals surface area contributed by atoms with Gasteiger partial charge >= 0.3 is 0 Å². The van der Waals surface area contributed by atoms with Gasteiger partial charge in [0.05, 0.1) is 6.33 Å². The quantitative estimate of drug-likeness (QED) is 0.672. The Kier molecular flexibility index (Phi) is 1.53. The molecule has 0 atom stereocenters. The number of imidazole rings is 1. The van der Waals surface area contributed by atoms with Gasteiger partial charge in [0, 0.05) is 0 Å². The zero-order valence-corrected chi connectivity index (χ0v) is 6.19. The fourth-order valence-electron chi connectivity index (χ4n) is 0.262. The van der Waals surface area contributed by atoms with Crippen molar-refractivity contribution in [2.45, 2.75) is 0 Å². The molecule has 0 aliphatic heterocycles. The number of halogens is 2. The summed E-state index contributed by atoms with van der Waals surface area (Å²) in [6, 6.07) is 0. The first kappa shape index (κ1) is 5.37. The summed E-state index contributed by atoms with van der Waals surface area (Å²) in [6.45, 7) is 0. The van der Waals surface area contributed by atoms with E-state index in [2.05, 4.69) is 9.97 Å². The summed E-state index contributed by atoms with van der Waals surface area (Å²) < 4.78 is 0.819. The molecule has 0 saturated heterocycles.